The number of aromatic amines is 1. The lowest BCUT2D eigenvalue weighted by atomic mass is 10.1. The fourth-order valence-corrected chi connectivity index (χ4v) is 3.05. The Kier molecular flexibility index (Phi) is 6.09. The molecule has 0 aliphatic rings. The molecule has 0 saturated heterocycles. The molecule has 0 atom stereocenters. The number of carbonyl (C=O) groups excluding carboxylic acids is 1. The molecule has 1 heterocycles. The third kappa shape index (κ3) is 4.39. The second-order valence-electron chi connectivity index (χ2n) is 6.66. The number of fused-ring (bicyclic) bond motifs is 1. The molecule has 0 fully saturated rings. The molecule has 3 rings (SSSR count). The topological polar surface area (TPSA) is 62.4 Å². The number of unbranched alkanes of at least 4 members (excludes halogenated alkanes) is 1. The van der Waals surface area contributed by atoms with Gasteiger partial charge in [0.2, 0.25) is 0 Å². The van der Waals surface area contributed by atoms with E-state index in [9.17, 15) is 14.0 Å². The molecule has 0 radical (unpaired) electrons. The summed E-state index contributed by atoms with van der Waals surface area (Å²) in [5, 5.41) is 0.861. The predicted octanol–water partition coefficient (Wildman–Crippen LogP) is 4.12. The van der Waals surface area contributed by atoms with Crippen LogP contribution in [0.4, 0.5) is 4.39 Å². The highest BCUT2D eigenvalue weighted by Crippen LogP contribution is 2.19. The molecule has 1 amide bonds. The van der Waals surface area contributed by atoms with Crippen molar-refractivity contribution in [2.24, 2.45) is 0 Å². The minimum atomic E-state index is -0.391. The van der Waals surface area contributed by atoms with Crippen LogP contribution in [0.15, 0.2) is 53.3 Å². The van der Waals surface area contributed by atoms with Gasteiger partial charge in [-0.1, -0.05) is 13.3 Å². The lowest BCUT2D eigenvalue weighted by molar-refractivity contribution is 0.0740. The monoisotopic (exact) mass is 382 g/mol. The number of aromatic nitrogens is 1. The van der Waals surface area contributed by atoms with Gasteiger partial charge in [0.1, 0.15) is 11.6 Å². The number of hydrogen-bond donors (Lipinski definition) is 1. The van der Waals surface area contributed by atoms with Gasteiger partial charge in [0.15, 0.2) is 0 Å². The first-order valence-electron chi connectivity index (χ1n) is 9.26. The van der Waals surface area contributed by atoms with E-state index in [1.165, 1.54) is 24.3 Å². The number of rotatable bonds is 7. The molecule has 0 aliphatic carbocycles. The van der Waals surface area contributed by atoms with Crippen LogP contribution in [0.3, 0.4) is 0 Å². The number of halogens is 1. The summed E-state index contributed by atoms with van der Waals surface area (Å²) in [6.45, 7) is 2.75. The van der Waals surface area contributed by atoms with Crippen LogP contribution >= 0.6 is 0 Å². The van der Waals surface area contributed by atoms with Crippen molar-refractivity contribution in [3.05, 3.63) is 75.8 Å². The van der Waals surface area contributed by atoms with E-state index in [1.807, 2.05) is 19.1 Å². The van der Waals surface area contributed by atoms with Gasteiger partial charge >= 0.3 is 0 Å². The molecule has 0 unspecified atom stereocenters. The molecule has 0 bridgehead atoms. The zero-order chi connectivity index (χ0) is 20.1. The molecule has 0 spiro atoms. The smallest absolute Gasteiger partial charge is 0.254 e. The molecule has 3 aromatic rings. The van der Waals surface area contributed by atoms with Crippen molar-refractivity contribution in [1.29, 1.82) is 0 Å². The maximum atomic E-state index is 13.2. The van der Waals surface area contributed by atoms with Crippen LogP contribution in [-0.4, -0.2) is 29.4 Å². The van der Waals surface area contributed by atoms with Gasteiger partial charge in [0, 0.05) is 23.7 Å². The van der Waals surface area contributed by atoms with E-state index in [1.54, 1.807) is 24.1 Å². The first-order valence-corrected chi connectivity index (χ1v) is 9.26. The van der Waals surface area contributed by atoms with E-state index in [0.717, 1.165) is 18.2 Å². The minimum Gasteiger partial charge on any atom is -0.497 e. The van der Waals surface area contributed by atoms with Crippen molar-refractivity contribution in [2.45, 2.75) is 26.3 Å². The summed E-state index contributed by atoms with van der Waals surface area (Å²) in [4.78, 5) is 30.0. The largest absolute Gasteiger partial charge is 0.497 e. The number of nitrogens with one attached hydrogen (secondary N) is 1. The molecule has 5 nitrogen and oxygen atoms in total. The summed E-state index contributed by atoms with van der Waals surface area (Å²) < 4.78 is 18.4. The van der Waals surface area contributed by atoms with Gasteiger partial charge in [-0.15, -0.1) is 0 Å². The summed E-state index contributed by atoms with van der Waals surface area (Å²) in [5.41, 5.74) is 1.34. The van der Waals surface area contributed by atoms with Gasteiger partial charge < -0.3 is 14.6 Å². The fourth-order valence-electron chi connectivity index (χ4n) is 3.05. The fraction of sp³-hybridized carbons (Fsp3) is 0.273. The van der Waals surface area contributed by atoms with E-state index in [4.69, 9.17) is 4.74 Å². The number of benzene rings is 2. The average molecular weight is 382 g/mol. The Hall–Kier alpha value is -3.15. The summed E-state index contributed by atoms with van der Waals surface area (Å²) >= 11 is 0. The van der Waals surface area contributed by atoms with Crippen LogP contribution in [-0.2, 0) is 6.54 Å². The zero-order valence-electron chi connectivity index (χ0n) is 16.0. The third-order valence-electron chi connectivity index (χ3n) is 4.65. The second kappa shape index (κ2) is 8.69. The molecule has 28 heavy (non-hydrogen) atoms. The highest BCUT2D eigenvalue weighted by molar-refractivity contribution is 5.94. The van der Waals surface area contributed by atoms with Crippen molar-refractivity contribution < 1.29 is 13.9 Å². The van der Waals surface area contributed by atoms with E-state index in [0.29, 0.717) is 28.9 Å². The predicted molar refractivity (Wildman–Crippen MR) is 107 cm³/mol. The highest BCUT2D eigenvalue weighted by atomic mass is 19.1. The SMILES string of the molecule is CCCCN(Cc1cc2ccc(OC)cc2[nH]c1=O)C(=O)c1ccc(F)cc1. The van der Waals surface area contributed by atoms with Crippen molar-refractivity contribution in [3.8, 4) is 5.75 Å². The molecule has 146 valence electrons. The standard InChI is InChI=1S/C22H23FN2O3/c1-3-4-11-25(22(27)15-5-8-18(23)9-6-15)14-17-12-16-7-10-19(28-2)13-20(16)24-21(17)26/h5-10,12-13H,3-4,11,14H2,1-2H3,(H,24,26). The maximum Gasteiger partial charge on any atom is 0.254 e. The zero-order valence-corrected chi connectivity index (χ0v) is 16.0. The molecular weight excluding hydrogens is 359 g/mol. The number of H-pyrrole nitrogens is 1. The molecule has 1 aromatic heterocycles. The Balaban J connectivity index is 1.91. The van der Waals surface area contributed by atoms with Crippen LogP contribution in [0.1, 0.15) is 35.7 Å². The number of hydrogen-bond acceptors (Lipinski definition) is 3. The lowest BCUT2D eigenvalue weighted by Gasteiger charge is -2.22. The third-order valence-corrected chi connectivity index (χ3v) is 4.65. The number of ether oxygens (including phenoxy) is 1. The Bertz CT molecular complexity index is 1030. The minimum absolute atomic E-state index is 0.188. The molecule has 2 aromatic carbocycles. The summed E-state index contributed by atoms with van der Waals surface area (Å²) in [6.07, 6.45) is 1.73. The second-order valence-corrected chi connectivity index (χ2v) is 6.66. The number of amides is 1. The van der Waals surface area contributed by atoms with Crippen molar-refractivity contribution in [1.82, 2.24) is 9.88 Å². The van der Waals surface area contributed by atoms with Gasteiger partial charge in [0.25, 0.3) is 11.5 Å². The van der Waals surface area contributed by atoms with Crippen LogP contribution < -0.4 is 10.3 Å². The summed E-state index contributed by atoms with van der Waals surface area (Å²) in [5.74, 6) is 0.0488. The van der Waals surface area contributed by atoms with Gasteiger partial charge in [-0.05, 0) is 54.3 Å². The normalized spacial score (nSPS) is 10.8. The van der Waals surface area contributed by atoms with Crippen LogP contribution in [0.25, 0.3) is 10.9 Å². The number of nitrogens with zero attached hydrogens (tertiary/aromatic N) is 1. The first-order chi connectivity index (χ1) is 13.5. The van der Waals surface area contributed by atoms with E-state index in [2.05, 4.69) is 4.98 Å². The van der Waals surface area contributed by atoms with Crippen molar-refractivity contribution in [2.75, 3.05) is 13.7 Å². The molecule has 0 saturated carbocycles. The van der Waals surface area contributed by atoms with Gasteiger partial charge in [0.05, 0.1) is 19.2 Å². The number of pyridine rings is 1. The maximum absolute atomic E-state index is 13.2. The van der Waals surface area contributed by atoms with Crippen LogP contribution in [0, 0.1) is 5.82 Å². The number of methoxy groups -OCH3 is 1. The lowest BCUT2D eigenvalue weighted by Crippen LogP contribution is -2.33. The summed E-state index contributed by atoms with van der Waals surface area (Å²) in [6, 6.07) is 12.7. The Morgan fingerprint density at radius 1 is 1.14 bits per heavy atom. The molecule has 0 aliphatic heterocycles. The van der Waals surface area contributed by atoms with Gasteiger partial charge in [-0.25, -0.2) is 4.39 Å². The van der Waals surface area contributed by atoms with Crippen LogP contribution in [0.5, 0.6) is 5.75 Å². The Labute approximate surface area is 162 Å². The molecule has 6 heteroatoms. The van der Waals surface area contributed by atoms with Crippen LogP contribution in [0.2, 0.25) is 0 Å². The number of carbonyl (C=O) groups is 1. The van der Waals surface area contributed by atoms with E-state index >= 15 is 0 Å². The van der Waals surface area contributed by atoms with E-state index in [-0.39, 0.29) is 18.0 Å². The Morgan fingerprint density at radius 3 is 2.57 bits per heavy atom. The van der Waals surface area contributed by atoms with Crippen molar-refractivity contribution >= 4 is 16.8 Å². The Morgan fingerprint density at radius 2 is 1.89 bits per heavy atom. The highest BCUT2D eigenvalue weighted by Gasteiger charge is 2.18. The average Bonchev–Trinajstić information content (AvgIpc) is 2.71. The molecular formula is C22H23FN2O3. The first kappa shape index (κ1) is 19.6. The van der Waals surface area contributed by atoms with Gasteiger partial charge in [-0.3, -0.25) is 9.59 Å². The van der Waals surface area contributed by atoms with Gasteiger partial charge in [-0.2, -0.15) is 0 Å². The van der Waals surface area contributed by atoms with E-state index < -0.39 is 5.82 Å². The van der Waals surface area contributed by atoms with Crippen molar-refractivity contribution in [3.63, 3.8) is 0 Å². The summed E-state index contributed by atoms with van der Waals surface area (Å²) in [7, 11) is 1.57. The molecule has 1 N–H and O–H groups in total. The quantitative estimate of drug-likeness (QED) is 0.669.